The van der Waals surface area contributed by atoms with E-state index in [1.54, 1.807) is 6.92 Å². The number of guanidine groups is 1. The summed E-state index contributed by atoms with van der Waals surface area (Å²) >= 11 is 0. The van der Waals surface area contributed by atoms with Gasteiger partial charge in [0.2, 0.25) is 5.89 Å². The van der Waals surface area contributed by atoms with E-state index in [2.05, 4.69) is 46.5 Å². The molecule has 2 N–H and O–H groups in total. The molecule has 0 aromatic carbocycles. The van der Waals surface area contributed by atoms with E-state index in [4.69, 9.17) is 9.26 Å². The Kier molecular flexibility index (Phi) is 9.70. The lowest BCUT2D eigenvalue weighted by Gasteiger charge is -2.32. The molecule has 8 heteroatoms. The van der Waals surface area contributed by atoms with Crippen molar-refractivity contribution in [1.29, 1.82) is 0 Å². The summed E-state index contributed by atoms with van der Waals surface area (Å²) in [5.41, 5.74) is 0.208. The van der Waals surface area contributed by atoms with Crippen LogP contribution in [0.25, 0.3) is 0 Å². The maximum absolute atomic E-state index is 5.46. The summed E-state index contributed by atoms with van der Waals surface area (Å²) in [6.45, 7) is 12.4. The summed E-state index contributed by atoms with van der Waals surface area (Å²) in [7, 11) is 0. The molecule has 0 bridgehead atoms. The summed E-state index contributed by atoms with van der Waals surface area (Å²) in [4.78, 5) is 8.70. The van der Waals surface area contributed by atoms with Crippen LogP contribution in [0.3, 0.4) is 0 Å². The van der Waals surface area contributed by atoms with Crippen LogP contribution in [0, 0.1) is 18.3 Å². The Bertz CT molecular complexity index is 527. The molecule has 0 amide bonds. The van der Waals surface area contributed by atoms with Crippen LogP contribution in [0.15, 0.2) is 9.52 Å². The van der Waals surface area contributed by atoms with Crippen molar-refractivity contribution < 1.29 is 9.26 Å². The summed E-state index contributed by atoms with van der Waals surface area (Å²) in [6.07, 6.45) is 3.55. The number of ether oxygens (including phenoxy) is 1. The first-order valence-electron chi connectivity index (χ1n) is 8.87. The van der Waals surface area contributed by atoms with E-state index in [-0.39, 0.29) is 29.4 Å². The fourth-order valence-corrected chi connectivity index (χ4v) is 3.02. The minimum Gasteiger partial charge on any atom is -0.381 e. The van der Waals surface area contributed by atoms with Gasteiger partial charge >= 0.3 is 0 Å². The average molecular weight is 465 g/mol. The quantitative estimate of drug-likeness (QED) is 0.366. The number of halogens is 1. The number of hydrogen-bond acceptors (Lipinski definition) is 5. The van der Waals surface area contributed by atoms with Gasteiger partial charge in [0.05, 0.1) is 0 Å². The van der Waals surface area contributed by atoms with Gasteiger partial charge in [-0.15, -0.1) is 24.0 Å². The van der Waals surface area contributed by atoms with Gasteiger partial charge in [-0.05, 0) is 44.4 Å². The number of nitrogens with one attached hydrogen (secondary N) is 2. The van der Waals surface area contributed by atoms with Crippen molar-refractivity contribution in [2.45, 2.75) is 53.5 Å². The lowest BCUT2D eigenvalue weighted by molar-refractivity contribution is 0.0517. The van der Waals surface area contributed by atoms with Gasteiger partial charge in [0.15, 0.2) is 11.8 Å². The van der Waals surface area contributed by atoms with Crippen molar-refractivity contribution in [3.63, 3.8) is 0 Å². The molecule has 0 aliphatic carbocycles. The van der Waals surface area contributed by atoms with Crippen LogP contribution in [-0.2, 0) is 11.3 Å². The maximum Gasteiger partial charge on any atom is 0.248 e. The summed E-state index contributed by atoms with van der Waals surface area (Å²) in [5.74, 6) is 2.71. The highest BCUT2D eigenvalue weighted by Crippen LogP contribution is 2.30. The second kappa shape index (κ2) is 10.9. The SMILES string of the molecule is CCNC(=NCc1nc(C)no1)NCC(C)(C)CC1CCOCC1.I. The lowest BCUT2D eigenvalue weighted by Crippen LogP contribution is -2.42. The molecule has 1 saturated heterocycles. The van der Waals surface area contributed by atoms with Crippen molar-refractivity contribution >= 4 is 29.9 Å². The Morgan fingerprint density at radius 3 is 2.60 bits per heavy atom. The minimum absolute atomic E-state index is 0. The van der Waals surface area contributed by atoms with Gasteiger partial charge in [-0.2, -0.15) is 4.98 Å². The second-order valence-corrected chi connectivity index (χ2v) is 7.21. The normalized spacial score (nSPS) is 16.4. The first kappa shape index (κ1) is 22.1. The highest BCUT2D eigenvalue weighted by Gasteiger charge is 2.25. The van der Waals surface area contributed by atoms with E-state index < -0.39 is 0 Å². The predicted molar refractivity (Wildman–Crippen MR) is 109 cm³/mol. The largest absolute Gasteiger partial charge is 0.381 e. The van der Waals surface area contributed by atoms with E-state index in [1.165, 1.54) is 19.3 Å². The molecule has 1 fully saturated rings. The van der Waals surface area contributed by atoms with Crippen LogP contribution in [0.4, 0.5) is 0 Å². The summed E-state index contributed by atoms with van der Waals surface area (Å²) < 4.78 is 10.6. The molecule has 2 rings (SSSR count). The molecule has 1 aromatic heterocycles. The van der Waals surface area contributed by atoms with Crippen LogP contribution in [-0.4, -0.2) is 42.4 Å². The number of aliphatic imine (C=N–C) groups is 1. The molecule has 1 aliphatic heterocycles. The molecule has 1 aromatic rings. The van der Waals surface area contributed by atoms with Gasteiger partial charge < -0.3 is 19.9 Å². The van der Waals surface area contributed by atoms with Crippen LogP contribution >= 0.6 is 24.0 Å². The molecular formula is C17H32IN5O2. The second-order valence-electron chi connectivity index (χ2n) is 7.21. The molecule has 2 heterocycles. The monoisotopic (exact) mass is 465 g/mol. The van der Waals surface area contributed by atoms with Gasteiger partial charge in [0, 0.05) is 26.3 Å². The Morgan fingerprint density at radius 2 is 2.00 bits per heavy atom. The number of rotatable bonds is 7. The molecule has 0 atom stereocenters. The van der Waals surface area contributed by atoms with Crippen molar-refractivity contribution in [3.05, 3.63) is 11.7 Å². The first-order valence-corrected chi connectivity index (χ1v) is 8.87. The number of aromatic nitrogens is 2. The summed E-state index contributed by atoms with van der Waals surface area (Å²) in [5, 5.41) is 10.5. The number of aryl methyl sites for hydroxylation is 1. The smallest absolute Gasteiger partial charge is 0.248 e. The zero-order chi connectivity index (χ0) is 17.4. The molecule has 25 heavy (non-hydrogen) atoms. The highest BCUT2D eigenvalue weighted by atomic mass is 127. The molecule has 0 saturated carbocycles. The van der Waals surface area contributed by atoms with Crippen LogP contribution < -0.4 is 10.6 Å². The summed E-state index contributed by atoms with van der Waals surface area (Å²) in [6, 6.07) is 0. The van der Waals surface area contributed by atoms with Crippen LogP contribution in [0.1, 0.15) is 51.7 Å². The topological polar surface area (TPSA) is 84.6 Å². The molecule has 0 radical (unpaired) electrons. The van der Waals surface area contributed by atoms with Crippen LogP contribution in [0.5, 0.6) is 0 Å². The van der Waals surface area contributed by atoms with Gasteiger partial charge in [-0.25, -0.2) is 4.99 Å². The van der Waals surface area contributed by atoms with E-state index in [9.17, 15) is 0 Å². The fraction of sp³-hybridized carbons (Fsp3) is 0.824. The molecule has 7 nitrogen and oxygen atoms in total. The zero-order valence-corrected chi connectivity index (χ0v) is 18.1. The minimum atomic E-state index is 0. The molecule has 0 unspecified atom stereocenters. The molecule has 1 aliphatic rings. The van der Waals surface area contributed by atoms with E-state index >= 15 is 0 Å². The maximum atomic E-state index is 5.46. The predicted octanol–water partition coefficient (Wildman–Crippen LogP) is 2.89. The van der Waals surface area contributed by atoms with Crippen molar-refractivity contribution in [2.75, 3.05) is 26.3 Å². The Hall–Kier alpha value is -0.900. The molecule has 144 valence electrons. The van der Waals surface area contributed by atoms with Crippen molar-refractivity contribution in [3.8, 4) is 0 Å². The molecule has 0 spiro atoms. The van der Waals surface area contributed by atoms with Crippen LogP contribution in [0.2, 0.25) is 0 Å². The third-order valence-electron chi connectivity index (χ3n) is 4.20. The Morgan fingerprint density at radius 1 is 1.28 bits per heavy atom. The zero-order valence-electron chi connectivity index (χ0n) is 15.8. The third-order valence-corrected chi connectivity index (χ3v) is 4.20. The van der Waals surface area contributed by atoms with Gasteiger partial charge in [0.1, 0.15) is 6.54 Å². The highest BCUT2D eigenvalue weighted by molar-refractivity contribution is 14.0. The average Bonchev–Trinajstić information content (AvgIpc) is 2.96. The Balaban J connectivity index is 0.00000312. The first-order chi connectivity index (χ1) is 11.5. The lowest BCUT2D eigenvalue weighted by atomic mass is 9.80. The van der Waals surface area contributed by atoms with E-state index in [0.29, 0.717) is 18.3 Å². The fourth-order valence-electron chi connectivity index (χ4n) is 3.02. The molecular weight excluding hydrogens is 433 g/mol. The third kappa shape index (κ3) is 8.35. The van der Waals surface area contributed by atoms with Gasteiger partial charge in [-0.3, -0.25) is 0 Å². The van der Waals surface area contributed by atoms with E-state index in [0.717, 1.165) is 38.2 Å². The number of hydrogen-bond donors (Lipinski definition) is 2. The standard InChI is InChI=1S/C17H31N5O2.HI/c1-5-18-16(19-11-15-21-13(2)22-24-15)20-12-17(3,4)10-14-6-8-23-9-7-14;/h14H,5-12H2,1-4H3,(H2,18,19,20);1H. The van der Waals surface area contributed by atoms with Gasteiger partial charge in [-0.1, -0.05) is 19.0 Å². The van der Waals surface area contributed by atoms with E-state index in [1.807, 2.05) is 0 Å². The van der Waals surface area contributed by atoms with Gasteiger partial charge in [0.25, 0.3) is 0 Å². The number of nitrogens with zero attached hydrogens (tertiary/aromatic N) is 3. The van der Waals surface area contributed by atoms with Crippen molar-refractivity contribution in [2.24, 2.45) is 16.3 Å². The Labute approximate surface area is 167 Å². The van der Waals surface area contributed by atoms with Crippen molar-refractivity contribution in [1.82, 2.24) is 20.8 Å².